The zero-order valence-electron chi connectivity index (χ0n) is 39.7. The highest BCUT2D eigenvalue weighted by Gasteiger charge is 2.34. The SMILES string of the molecule is COC(=O)CCC(NC(=O)C(Cc1cn(C)c2ccc(F)cc12)NC(=O)c1ccc(-c2c3ccc(=O)cc-3oc3cc(O)ccc23)c(C(=O)O)c1)C(=O)NC(Cc1cnc[nH]1)C(=O)NC(CC(=O)OC)C(=O)CF. The van der Waals surface area contributed by atoms with E-state index in [1.807, 2.05) is 0 Å². The molecular formula is C51H47F2N7O14. The molecule has 4 unspecified atom stereocenters. The third kappa shape index (κ3) is 12.1. The molecule has 0 fully saturated rings. The zero-order valence-corrected chi connectivity index (χ0v) is 39.7. The number of alkyl halides is 1. The van der Waals surface area contributed by atoms with Crippen LogP contribution in [0.3, 0.4) is 0 Å². The molecule has 2 aromatic heterocycles. The highest BCUT2D eigenvalue weighted by Crippen LogP contribution is 2.42. The number of ketones is 1. The molecule has 2 aliphatic rings. The normalized spacial score (nSPS) is 12.8. The maximum atomic E-state index is 14.7. The first-order valence-electron chi connectivity index (χ1n) is 22.6. The Morgan fingerprint density at radius 3 is 2.16 bits per heavy atom. The van der Waals surface area contributed by atoms with Crippen molar-refractivity contribution in [2.75, 3.05) is 20.9 Å². The minimum absolute atomic E-state index is 0.0791. The minimum atomic E-state index is -1.71. The number of aromatic hydroxyl groups is 1. The molecule has 3 aromatic carbocycles. The fourth-order valence-electron chi connectivity index (χ4n) is 8.37. The van der Waals surface area contributed by atoms with Gasteiger partial charge in [-0.1, -0.05) is 6.07 Å². The van der Waals surface area contributed by atoms with E-state index >= 15 is 0 Å². The molecule has 7 rings (SSSR count). The van der Waals surface area contributed by atoms with Crippen LogP contribution in [0.25, 0.3) is 44.3 Å². The van der Waals surface area contributed by atoms with Crippen LogP contribution in [0.1, 0.15) is 51.2 Å². The molecule has 0 spiro atoms. The number of phenols is 1. The average molecular weight is 1020 g/mol. The summed E-state index contributed by atoms with van der Waals surface area (Å²) in [5, 5.41) is 31.4. The van der Waals surface area contributed by atoms with Crippen molar-refractivity contribution in [3.05, 3.63) is 130 Å². The summed E-state index contributed by atoms with van der Waals surface area (Å²) >= 11 is 0. The molecule has 0 saturated carbocycles. The molecule has 5 aromatic rings. The van der Waals surface area contributed by atoms with Gasteiger partial charge in [-0.15, -0.1) is 0 Å². The molecule has 1 aliphatic heterocycles. The van der Waals surface area contributed by atoms with Crippen molar-refractivity contribution >= 4 is 69.2 Å². The minimum Gasteiger partial charge on any atom is -0.508 e. The summed E-state index contributed by atoms with van der Waals surface area (Å²) in [5.74, 6) is -9.29. The van der Waals surface area contributed by atoms with Crippen molar-refractivity contribution in [3.8, 4) is 28.2 Å². The van der Waals surface area contributed by atoms with Crippen LogP contribution in [0.15, 0.2) is 101 Å². The number of esters is 2. The molecule has 0 radical (unpaired) electrons. The second kappa shape index (κ2) is 22.9. The average Bonchev–Trinajstić information content (AvgIpc) is 4.01. The van der Waals surface area contributed by atoms with E-state index in [9.17, 15) is 62.1 Å². The van der Waals surface area contributed by atoms with Crippen molar-refractivity contribution in [2.24, 2.45) is 7.05 Å². The molecule has 23 heteroatoms. The first kappa shape index (κ1) is 52.5. The molecule has 74 heavy (non-hydrogen) atoms. The first-order chi connectivity index (χ1) is 35.4. The van der Waals surface area contributed by atoms with Gasteiger partial charge >= 0.3 is 17.9 Å². The zero-order chi connectivity index (χ0) is 53.4. The second-order valence-electron chi connectivity index (χ2n) is 17.0. The van der Waals surface area contributed by atoms with E-state index in [1.165, 1.54) is 79.3 Å². The summed E-state index contributed by atoms with van der Waals surface area (Å²) in [5.41, 5.74) is 0.944. The monoisotopic (exact) mass is 1020 g/mol. The maximum absolute atomic E-state index is 14.7. The van der Waals surface area contributed by atoms with Crippen LogP contribution >= 0.6 is 0 Å². The number of nitrogens with one attached hydrogen (secondary N) is 5. The van der Waals surface area contributed by atoms with Crippen LogP contribution in [0, 0.1) is 5.82 Å². The molecular weight excluding hydrogens is 973 g/mol. The molecule has 21 nitrogen and oxygen atoms in total. The summed E-state index contributed by atoms with van der Waals surface area (Å²) in [6.07, 6.45) is 1.82. The Bertz CT molecular complexity index is 3350. The van der Waals surface area contributed by atoms with Gasteiger partial charge in [0.2, 0.25) is 17.7 Å². The molecule has 4 atom stereocenters. The smallest absolute Gasteiger partial charge is 0.336 e. The van der Waals surface area contributed by atoms with Gasteiger partial charge in [0.25, 0.3) is 5.91 Å². The third-order valence-electron chi connectivity index (χ3n) is 12.1. The van der Waals surface area contributed by atoms with Gasteiger partial charge < -0.3 is 54.9 Å². The Morgan fingerprint density at radius 2 is 1.47 bits per heavy atom. The molecule has 4 amide bonds. The van der Waals surface area contributed by atoms with Crippen LogP contribution < -0.4 is 26.7 Å². The summed E-state index contributed by atoms with van der Waals surface area (Å²) in [4.78, 5) is 126. The number of nitrogens with zero attached hydrogens (tertiary/aromatic N) is 2. The van der Waals surface area contributed by atoms with Crippen molar-refractivity contribution < 1.29 is 71.2 Å². The van der Waals surface area contributed by atoms with Crippen LogP contribution in [-0.2, 0) is 58.1 Å². The largest absolute Gasteiger partial charge is 0.508 e. The number of carbonyl (C=O) groups is 8. The van der Waals surface area contributed by atoms with Crippen molar-refractivity contribution in [1.29, 1.82) is 0 Å². The highest BCUT2D eigenvalue weighted by molar-refractivity contribution is 6.09. The number of fused-ring (bicyclic) bond motifs is 3. The molecule has 3 heterocycles. The number of methoxy groups -OCH3 is 2. The van der Waals surface area contributed by atoms with Crippen molar-refractivity contribution in [1.82, 2.24) is 35.8 Å². The van der Waals surface area contributed by atoms with Gasteiger partial charge in [0.1, 0.15) is 53.8 Å². The number of aromatic carboxylic acids is 1. The van der Waals surface area contributed by atoms with Crippen LogP contribution in [0.4, 0.5) is 8.78 Å². The molecule has 1 aliphatic carbocycles. The van der Waals surface area contributed by atoms with Crippen LogP contribution in [-0.4, -0.2) is 117 Å². The van der Waals surface area contributed by atoms with Gasteiger partial charge in [-0.05, 0) is 72.1 Å². The number of rotatable bonds is 21. The van der Waals surface area contributed by atoms with Crippen molar-refractivity contribution in [2.45, 2.75) is 56.3 Å². The number of aromatic amines is 1. The number of amides is 4. The Morgan fingerprint density at radius 1 is 0.784 bits per heavy atom. The number of carboxylic acid groups (broad SMARTS) is 1. The fourth-order valence-corrected chi connectivity index (χ4v) is 8.37. The Kier molecular flexibility index (Phi) is 16.2. The number of carbonyl (C=O) groups excluding carboxylic acids is 7. The number of imidazole rings is 1. The van der Waals surface area contributed by atoms with Crippen LogP contribution in [0.2, 0.25) is 0 Å². The fraction of sp³-hybridized carbons (Fsp3) is 0.255. The van der Waals surface area contributed by atoms with Crippen molar-refractivity contribution in [3.63, 3.8) is 0 Å². The molecule has 7 N–H and O–H groups in total. The van der Waals surface area contributed by atoms with Gasteiger partial charge in [0, 0.05) is 89.5 Å². The topological polar surface area (TPSA) is 307 Å². The lowest BCUT2D eigenvalue weighted by Crippen LogP contribution is -2.58. The molecule has 0 bridgehead atoms. The number of Topliss-reactive ketones (excluding diaryl/α,β-unsaturated/α-hetero) is 1. The summed E-state index contributed by atoms with van der Waals surface area (Å²) in [6, 6.07) is 9.08. The number of aryl methyl sites for hydroxylation is 1. The van der Waals surface area contributed by atoms with Gasteiger partial charge in [0.15, 0.2) is 11.2 Å². The maximum Gasteiger partial charge on any atom is 0.336 e. The number of halogens is 2. The van der Waals surface area contributed by atoms with E-state index in [4.69, 9.17) is 9.15 Å². The third-order valence-corrected chi connectivity index (χ3v) is 12.1. The Balaban J connectivity index is 1.24. The lowest BCUT2D eigenvalue weighted by molar-refractivity contribution is -0.144. The Labute approximate surface area is 417 Å². The highest BCUT2D eigenvalue weighted by atomic mass is 19.1. The summed E-state index contributed by atoms with van der Waals surface area (Å²) in [7, 11) is 3.76. The second-order valence-corrected chi connectivity index (χ2v) is 17.0. The first-order valence-corrected chi connectivity index (χ1v) is 22.6. The van der Waals surface area contributed by atoms with E-state index in [2.05, 4.69) is 36.0 Å². The summed E-state index contributed by atoms with van der Waals surface area (Å²) in [6.45, 7) is -1.56. The standard InChI is InChI=1S/C51H47F2N7O14/c1-60-23-26(34-16-27(53)5-12-40(34)60)15-38(58-47(66)25-4-8-31(35(14-25)51(70)71)46-32-9-6-29(61)18-42(32)74-43-19-30(62)7-10-33(43)46)49(68)56-36(11-13-44(64)72-2)48(67)59-39(17-28-22-54-24-55-28)50(69)57-37(41(63)21-52)20-45(65)73-3/h4-10,12,14,16,18-19,22-24,36-39,61H,11,13,15,17,20-21H2,1-3H3,(H,54,55)(H,56,68)(H,57,69)(H,58,66)(H,59,67)(H,70,71). The lowest BCUT2D eigenvalue weighted by atomic mass is 9.89. The van der Waals surface area contributed by atoms with Gasteiger partial charge in [0.05, 0.1) is 32.5 Å². The number of ether oxygens (including phenoxy) is 2. The van der Waals surface area contributed by atoms with Gasteiger partial charge in [-0.25, -0.2) is 18.6 Å². The lowest BCUT2D eigenvalue weighted by Gasteiger charge is -2.26. The number of aromatic nitrogens is 3. The molecule has 0 saturated heterocycles. The molecule has 384 valence electrons. The van der Waals surface area contributed by atoms with E-state index in [0.717, 1.165) is 20.3 Å². The van der Waals surface area contributed by atoms with E-state index < -0.39 is 114 Å². The number of phenolic OH excluding ortho intramolecular Hbond substituents is 1. The predicted octanol–water partition coefficient (Wildman–Crippen LogP) is 3.42. The van der Waals surface area contributed by atoms with E-state index in [-0.39, 0.29) is 46.8 Å². The predicted molar refractivity (Wildman–Crippen MR) is 258 cm³/mol. The Hall–Kier alpha value is -9.28. The van der Waals surface area contributed by atoms with Gasteiger partial charge in [-0.2, -0.15) is 0 Å². The number of carboxylic acids is 1. The summed E-state index contributed by atoms with van der Waals surface area (Å²) < 4.78 is 45.2. The van der Waals surface area contributed by atoms with E-state index in [1.54, 1.807) is 17.8 Å². The number of hydrogen-bond donors (Lipinski definition) is 7. The van der Waals surface area contributed by atoms with E-state index in [0.29, 0.717) is 33.0 Å². The number of hydrogen-bond acceptors (Lipinski definition) is 14. The quantitative estimate of drug-likeness (QED) is 0.0401. The number of H-pyrrole nitrogens is 1. The number of benzene rings is 4. The van der Waals surface area contributed by atoms with Crippen LogP contribution in [0.5, 0.6) is 5.75 Å². The van der Waals surface area contributed by atoms with Gasteiger partial charge in [-0.3, -0.25) is 38.4 Å².